The molecule has 47 heavy (non-hydrogen) atoms. The van der Waals surface area contributed by atoms with Crippen molar-refractivity contribution in [1.29, 1.82) is 0 Å². The Morgan fingerprint density at radius 1 is 0.936 bits per heavy atom. The van der Waals surface area contributed by atoms with E-state index in [1.807, 2.05) is 60.8 Å². The molecule has 1 unspecified atom stereocenters. The van der Waals surface area contributed by atoms with Crippen LogP contribution in [0, 0.1) is 0 Å². The largest absolute Gasteiger partial charge is 0.497 e. The number of benzene rings is 4. The summed E-state index contributed by atoms with van der Waals surface area (Å²) in [6, 6.07) is 30.0. The van der Waals surface area contributed by atoms with Crippen LogP contribution in [-0.4, -0.2) is 39.9 Å². The predicted molar refractivity (Wildman–Crippen MR) is 180 cm³/mol. The van der Waals surface area contributed by atoms with E-state index >= 15 is 0 Å². The summed E-state index contributed by atoms with van der Waals surface area (Å²) < 4.78 is 13.3. The van der Waals surface area contributed by atoms with Crippen LogP contribution in [0.2, 0.25) is 0 Å². The van der Waals surface area contributed by atoms with Crippen LogP contribution in [0.5, 0.6) is 11.5 Å². The zero-order chi connectivity index (χ0) is 32.6. The van der Waals surface area contributed by atoms with Gasteiger partial charge in [-0.2, -0.15) is 0 Å². The van der Waals surface area contributed by atoms with Crippen molar-refractivity contribution in [2.24, 2.45) is 5.11 Å². The van der Waals surface area contributed by atoms with Crippen molar-refractivity contribution in [2.75, 3.05) is 14.2 Å². The number of carbonyl (C=O) groups excluding carboxylic acids is 1. The number of aryl methyl sites for hydroxylation is 2. The Morgan fingerprint density at radius 2 is 1.72 bits per heavy atom. The highest BCUT2D eigenvalue weighted by atomic mass is 16.5. The summed E-state index contributed by atoms with van der Waals surface area (Å²) in [7, 11) is 3.26. The highest BCUT2D eigenvalue weighted by Gasteiger charge is 2.26. The molecule has 2 N–H and O–H groups in total. The first kappa shape index (κ1) is 30.9. The molecule has 0 aliphatic rings. The molecular formula is C36H34N8O3. The van der Waals surface area contributed by atoms with Crippen LogP contribution in [0.25, 0.3) is 21.3 Å². The molecule has 0 spiro atoms. The van der Waals surface area contributed by atoms with E-state index in [1.165, 1.54) is 5.56 Å². The average Bonchev–Trinajstić information content (AvgIpc) is 3.71. The molecule has 236 valence electrons. The number of hydrogen-bond donors (Lipinski definition) is 2. The first-order valence-corrected chi connectivity index (χ1v) is 15.2. The molecule has 11 nitrogen and oxygen atoms in total. The Morgan fingerprint density at radius 3 is 2.49 bits per heavy atom. The van der Waals surface area contributed by atoms with Gasteiger partial charge in [-0.15, -0.1) is 10.2 Å². The normalized spacial score (nSPS) is 11.5. The molecule has 0 radical (unpaired) electrons. The summed E-state index contributed by atoms with van der Waals surface area (Å²) in [5.41, 5.74) is 13.8. The maximum atomic E-state index is 13.7. The van der Waals surface area contributed by atoms with Gasteiger partial charge in [0.05, 0.1) is 26.8 Å². The molecular weight excluding hydrogens is 592 g/mol. The van der Waals surface area contributed by atoms with Crippen molar-refractivity contribution in [1.82, 2.24) is 25.1 Å². The van der Waals surface area contributed by atoms with Gasteiger partial charge < -0.3 is 24.3 Å². The van der Waals surface area contributed by atoms with E-state index in [0.717, 1.165) is 34.3 Å². The molecule has 2 aromatic heterocycles. The second-order valence-electron chi connectivity index (χ2n) is 11.0. The predicted octanol–water partition coefficient (Wildman–Crippen LogP) is 7.27. The van der Waals surface area contributed by atoms with Crippen molar-refractivity contribution in [3.05, 3.63) is 148 Å². The lowest BCUT2D eigenvalue weighted by Crippen LogP contribution is -2.32. The number of amides is 1. The SMILES string of the molecule is COc1ccc(Cn2c(CCc3ccccc3)nnc2C(Cc2c[nH]c3ccccc23)NC(=O)c2ccc(N=[N+]=[N-])cc2)c(OC)c1. The molecule has 11 heteroatoms. The molecule has 0 aliphatic heterocycles. The first-order chi connectivity index (χ1) is 23.1. The minimum atomic E-state index is -0.541. The van der Waals surface area contributed by atoms with Gasteiger partial charge in [-0.05, 0) is 53.4 Å². The Kier molecular flexibility index (Phi) is 9.45. The summed E-state index contributed by atoms with van der Waals surface area (Å²) in [6.45, 7) is 0.417. The van der Waals surface area contributed by atoms with Crippen LogP contribution in [0.3, 0.4) is 0 Å². The van der Waals surface area contributed by atoms with Crippen molar-refractivity contribution in [3.63, 3.8) is 0 Å². The number of methoxy groups -OCH3 is 2. The molecule has 0 fully saturated rings. The fourth-order valence-corrected chi connectivity index (χ4v) is 5.72. The standard InChI is InChI=1S/C36H34N8O3/c1-46-29-18-15-26(33(21-29)47-2)23-44-34(19-12-24-8-4-3-5-9-24)41-42-35(44)32(20-27-22-38-31-11-7-6-10-30(27)31)39-36(45)25-13-16-28(17-14-25)40-43-37/h3-11,13-18,21-22,32,38H,12,19-20,23H2,1-2H3,(H,39,45). The lowest BCUT2D eigenvalue weighted by Gasteiger charge is -2.21. The summed E-state index contributed by atoms with van der Waals surface area (Å²) >= 11 is 0. The van der Waals surface area contributed by atoms with Crippen LogP contribution in [0.15, 0.2) is 108 Å². The number of azide groups is 1. The molecule has 4 aromatic carbocycles. The maximum absolute atomic E-state index is 13.7. The highest BCUT2D eigenvalue weighted by Crippen LogP contribution is 2.29. The number of aromatic nitrogens is 4. The summed E-state index contributed by atoms with van der Waals surface area (Å²) in [5.74, 6) is 2.49. The zero-order valence-corrected chi connectivity index (χ0v) is 26.1. The zero-order valence-electron chi connectivity index (χ0n) is 26.1. The lowest BCUT2D eigenvalue weighted by molar-refractivity contribution is 0.0934. The summed E-state index contributed by atoms with van der Waals surface area (Å²) in [4.78, 5) is 19.9. The van der Waals surface area contributed by atoms with Crippen LogP contribution in [0.1, 0.15) is 44.7 Å². The average molecular weight is 627 g/mol. The minimum Gasteiger partial charge on any atom is -0.497 e. The van der Waals surface area contributed by atoms with Gasteiger partial charge in [-0.25, -0.2) is 0 Å². The third-order valence-corrected chi connectivity index (χ3v) is 8.16. The van der Waals surface area contributed by atoms with Gasteiger partial charge in [0.25, 0.3) is 5.91 Å². The number of para-hydroxylation sites is 1. The smallest absolute Gasteiger partial charge is 0.251 e. The van der Waals surface area contributed by atoms with Gasteiger partial charge >= 0.3 is 0 Å². The van der Waals surface area contributed by atoms with E-state index < -0.39 is 6.04 Å². The quantitative estimate of drug-likeness (QED) is 0.0788. The van der Waals surface area contributed by atoms with Gasteiger partial charge in [0.1, 0.15) is 17.3 Å². The second-order valence-corrected chi connectivity index (χ2v) is 11.0. The Hall–Kier alpha value is -6.06. The molecule has 0 bridgehead atoms. The van der Waals surface area contributed by atoms with Gasteiger partial charge in [-0.1, -0.05) is 65.8 Å². The number of carbonyl (C=O) groups is 1. The molecule has 6 aromatic rings. The fourth-order valence-electron chi connectivity index (χ4n) is 5.72. The van der Waals surface area contributed by atoms with E-state index in [1.54, 1.807) is 38.5 Å². The summed E-state index contributed by atoms with van der Waals surface area (Å²) in [6.07, 6.45) is 3.85. The van der Waals surface area contributed by atoms with E-state index in [2.05, 4.69) is 48.2 Å². The number of ether oxygens (including phenoxy) is 2. The number of rotatable bonds is 13. The van der Waals surface area contributed by atoms with E-state index in [4.69, 9.17) is 20.1 Å². The van der Waals surface area contributed by atoms with Crippen molar-refractivity contribution < 1.29 is 14.3 Å². The fraction of sp³-hybridized carbons (Fsp3) is 0.194. The van der Waals surface area contributed by atoms with E-state index in [-0.39, 0.29) is 5.91 Å². The van der Waals surface area contributed by atoms with Gasteiger partial charge in [0, 0.05) is 57.7 Å². The number of H-pyrrole nitrogens is 1. The molecule has 1 amide bonds. The number of fused-ring (bicyclic) bond motifs is 1. The molecule has 1 atom stereocenters. The molecule has 0 saturated carbocycles. The molecule has 2 heterocycles. The second kappa shape index (κ2) is 14.4. The van der Waals surface area contributed by atoms with Crippen molar-refractivity contribution in [2.45, 2.75) is 31.8 Å². The van der Waals surface area contributed by atoms with E-state index in [0.29, 0.717) is 48.0 Å². The molecule has 0 saturated heterocycles. The van der Waals surface area contributed by atoms with Crippen molar-refractivity contribution >= 4 is 22.5 Å². The number of aromatic amines is 1. The molecule has 0 aliphatic carbocycles. The third kappa shape index (κ3) is 7.11. The van der Waals surface area contributed by atoms with Crippen LogP contribution < -0.4 is 14.8 Å². The Labute approximate surface area is 271 Å². The topological polar surface area (TPSA) is 143 Å². The number of nitrogens with zero attached hydrogens (tertiary/aromatic N) is 6. The summed E-state index contributed by atoms with van der Waals surface area (Å²) in [5, 5.41) is 17.3. The lowest BCUT2D eigenvalue weighted by atomic mass is 10.0. The van der Waals surface area contributed by atoms with Crippen LogP contribution in [-0.2, 0) is 25.8 Å². The first-order valence-electron chi connectivity index (χ1n) is 15.2. The Balaban J connectivity index is 1.41. The van der Waals surface area contributed by atoms with E-state index in [9.17, 15) is 4.79 Å². The minimum absolute atomic E-state index is 0.287. The number of nitrogens with one attached hydrogen (secondary N) is 2. The van der Waals surface area contributed by atoms with Gasteiger partial charge in [-0.3, -0.25) is 4.79 Å². The number of hydrogen-bond acceptors (Lipinski definition) is 6. The van der Waals surface area contributed by atoms with Gasteiger partial charge in [0.15, 0.2) is 5.82 Å². The van der Waals surface area contributed by atoms with Crippen LogP contribution in [0.4, 0.5) is 5.69 Å². The monoisotopic (exact) mass is 626 g/mol. The third-order valence-electron chi connectivity index (χ3n) is 8.16. The molecule has 6 rings (SSSR count). The van der Waals surface area contributed by atoms with Gasteiger partial charge in [0.2, 0.25) is 0 Å². The Bertz CT molecular complexity index is 2030. The highest BCUT2D eigenvalue weighted by molar-refractivity contribution is 5.94. The maximum Gasteiger partial charge on any atom is 0.251 e. The van der Waals surface area contributed by atoms with Crippen molar-refractivity contribution in [3.8, 4) is 11.5 Å². The van der Waals surface area contributed by atoms with Crippen LogP contribution >= 0.6 is 0 Å².